The molecule has 2 heterocycles. The minimum atomic E-state index is -4.49. The summed E-state index contributed by atoms with van der Waals surface area (Å²) in [6.45, 7) is 0.567. The first-order chi connectivity index (χ1) is 15.7. The number of anilines is 2. The third-order valence-electron chi connectivity index (χ3n) is 5.40. The molecule has 9 nitrogen and oxygen atoms in total. The van der Waals surface area contributed by atoms with Crippen LogP contribution in [0.4, 0.5) is 24.8 Å². The van der Waals surface area contributed by atoms with Gasteiger partial charge >= 0.3 is 6.18 Å². The molecule has 174 valence electrons. The lowest BCUT2D eigenvalue weighted by Gasteiger charge is -2.22. The SMILES string of the molecule is COC1CC(c2nc(Nc3ccc4[nH]ncc4c3C)n(C)n2)=CC=C1C(=O)NCC(F)(F)F. The number of halogens is 3. The fraction of sp³-hybridized carbons (Fsp3) is 0.333. The number of aromatic nitrogens is 5. The zero-order chi connectivity index (χ0) is 23.8. The van der Waals surface area contributed by atoms with Crippen molar-refractivity contribution >= 4 is 34.0 Å². The highest BCUT2D eigenvalue weighted by molar-refractivity contribution is 5.96. The summed E-state index contributed by atoms with van der Waals surface area (Å²) in [5, 5.41) is 17.6. The number of allylic oxidation sites excluding steroid dienone is 2. The second-order valence-corrected chi connectivity index (χ2v) is 7.62. The molecule has 0 saturated heterocycles. The number of benzene rings is 1. The Morgan fingerprint density at radius 3 is 2.85 bits per heavy atom. The lowest BCUT2D eigenvalue weighted by molar-refractivity contribution is -0.137. The van der Waals surface area contributed by atoms with Crippen LogP contribution in [0.25, 0.3) is 16.5 Å². The molecular formula is C21H22F3N7O2. The molecule has 3 aromatic rings. The topological polar surface area (TPSA) is 110 Å². The van der Waals surface area contributed by atoms with Crippen LogP contribution in [-0.4, -0.2) is 56.8 Å². The second kappa shape index (κ2) is 8.70. The van der Waals surface area contributed by atoms with Crippen LogP contribution in [0.1, 0.15) is 17.8 Å². The largest absolute Gasteiger partial charge is 0.405 e. The van der Waals surface area contributed by atoms with Crippen LogP contribution in [0, 0.1) is 6.92 Å². The van der Waals surface area contributed by atoms with Gasteiger partial charge < -0.3 is 15.4 Å². The van der Waals surface area contributed by atoms with Crippen LogP contribution in [0.2, 0.25) is 0 Å². The third-order valence-corrected chi connectivity index (χ3v) is 5.40. The number of ether oxygens (including phenoxy) is 1. The Labute approximate surface area is 186 Å². The quantitative estimate of drug-likeness (QED) is 0.520. The number of carbonyl (C=O) groups excluding carboxylic acids is 1. The Balaban J connectivity index is 1.55. The first kappa shape index (κ1) is 22.5. The van der Waals surface area contributed by atoms with Gasteiger partial charge in [-0.25, -0.2) is 4.68 Å². The van der Waals surface area contributed by atoms with Crippen molar-refractivity contribution in [3.63, 3.8) is 0 Å². The molecule has 33 heavy (non-hydrogen) atoms. The zero-order valence-corrected chi connectivity index (χ0v) is 18.1. The van der Waals surface area contributed by atoms with Crippen molar-refractivity contribution in [2.45, 2.75) is 25.6 Å². The Bertz CT molecular complexity index is 1260. The van der Waals surface area contributed by atoms with Crippen molar-refractivity contribution in [3.8, 4) is 0 Å². The number of methoxy groups -OCH3 is 1. The van der Waals surface area contributed by atoms with Gasteiger partial charge in [0.2, 0.25) is 11.9 Å². The fourth-order valence-electron chi connectivity index (χ4n) is 3.60. The van der Waals surface area contributed by atoms with Gasteiger partial charge in [0.1, 0.15) is 6.54 Å². The highest BCUT2D eigenvalue weighted by Crippen LogP contribution is 2.30. The molecule has 1 aromatic carbocycles. The lowest BCUT2D eigenvalue weighted by Crippen LogP contribution is -2.38. The van der Waals surface area contributed by atoms with Crippen molar-refractivity contribution < 1.29 is 22.7 Å². The first-order valence-corrected chi connectivity index (χ1v) is 10.1. The molecule has 0 radical (unpaired) electrons. The van der Waals surface area contributed by atoms with Gasteiger partial charge in [-0.3, -0.25) is 9.89 Å². The number of carbonyl (C=O) groups is 1. The number of fused-ring (bicyclic) bond motifs is 1. The van der Waals surface area contributed by atoms with Gasteiger partial charge in [-0.2, -0.15) is 23.3 Å². The number of aryl methyl sites for hydroxylation is 2. The first-order valence-electron chi connectivity index (χ1n) is 10.1. The highest BCUT2D eigenvalue weighted by atomic mass is 19.4. The Morgan fingerprint density at radius 1 is 1.33 bits per heavy atom. The average Bonchev–Trinajstić information content (AvgIpc) is 3.40. The summed E-state index contributed by atoms with van der Waals surface area (Å²) < 4.78 is 44.2. The van der Waals surface area contributed by atoms with Crippen molar-refractivity contribution in [1.82, 2.24) is 30.3 Å². The minimum Gasteiger partial charge on any atom is -0.376 e. The standard InChI is InChI=1S/C21H22F3N7O2/c1-11-14-9-26-29-16(14)7-6-15(11)27-20-28-18(30-31(20)2)12-4-5-13(17(8-12)33-3)19(32)25-10-21(22,23)24/h4-7,9,17H,8,10H2,1-3H3,(H,25,32)(H,26,29)(H,27,28,30). The fourth-order valence-corrected chi connectivity index (χ4v) is 3.60. The minimum absolute atomic E-state index is 0.115. The predicted octanol–water partition coefficient (Wildman–Crippen LogP) is 3.15. The molecule has 4 rings (SSSR count). The van der Waals surface area contributed by atoms with E-state index in [0.717, 1.165) is 22.2 Å². The molecule has 1 aliphatic carbocycles. The summed E-state index contributed by atoms with van der Waals surface area (Å²) in [7, 11) is 3.14. The summed E-state index contributed by atoms with van der Waals surface area (Å²) in [6.07, 6.45) is -0.144. The molecule has 1 unspecified atom stereocenters. The van der Waals surface area contributed by atoms with Crippen LogP contribution in [0.15, 0.2) is 36.1 Å². The molecule has 1 amide bonds. The molecule has 0 spiro atoms. The van der Waals surface area contributed by atoms with Crippen molar-refractivity contribution in [2.75, 3.05) is 19.0 Å². The maximum atomic E-state index is 12.4. The van der Waals surface area contributed by atoms with Crippen molar-refractivity contribution in [3.05, 3.63) is 47.4 Å². The van der Waals surface area contributed by atoms with E-state index in [2.05, 4.69) is 25.6 Å². The van der Waals surface area contributed by atoms with E-state index in [9.17, 15) is 18.0 Å². The number of hydrogen-bond donors (Lipinski definition) is 3. The van der Waals surface area contributed by atoms with Crippen LogP contribution < -0.4 is 10.6 Å². The monoisotopic (exact) mass is 461 g/mol. The van der Waals surface area contributed by atoms with Crippen molar-refractivity contribution in [2.24, 2.45) is 7.05 Å². The molecule has 0 saturated carbocycles. The number of amides is 1. The van der Waals surface area contributed by atoms with Crippen LogP contribution >= 0.6 is 0 Å². The zero-order valence-electron chi connectivity index (χ0n) is 18.1. The van der Waals surface area contributed by atoms with Gasteiger partial charge in [-0.1, -0.05) is 12.2 Å². The predicted molar refractivity (Wildman–Crippen MR) is 116 cm³/mol. The maximum Gasteiger partial charge on any atom is 0.405 e. The lowest BCUT2D eigenvalue weighted by atomic mass is 9.94. The Kier molecular flexibility index (Phi) is 5.93. The van der Waals surface area contributed by atoms with E-state index in [-0.39, 0.29) is 12.0 Å². The smallest absolute Gasteiger partial charge is 0.376 e. The van der Waals surface area contributed by atoms with Gasteiger partial charge in [-0.15, -0.1) is 5.10 Å². The van der Waals surface area contributed by atoms with Gasteiger partial charge in [0.05, 0.1) is 17.8 Å². The number of nitrogens with zero attached hydrogens (tertiary/aromatic N) is 4. The summed E-state index contributed by atoms with van der Waals surface area (Å²) in [5.74, 6) is 0.106. The Hall–Kier alpha value is -3.67. The number of rotatable bonds is 6. The van der Waals surface area contributed by atoms with E-state index >= 15 is 0 Å². The Morgan fingerprint density at radius 2 is 2.12 bits per heavy atom. The molecule has 0 fully saturated rings. The summed E-state index contributed by atoms with van der Waals surface area (Å²) >= 11 is 0. The van der Waals surface area contributed by atoms with Crippen LogP contribution in [0.5, 0.6) is 0 Å². The number of alkyl halides is 3. The van der Waals surface area contributed by atoms with E-state index in [1.165, 1.54) is 13.2 Å². The average molecular weight is 461 g/mol. The van der Waals surface area contributed by atoms with Gasteiger partial charge in [0.25, 0.3) is 0 Å². The molecule has 1 aliphatic rings. The molecule has 3 N–H and O–H groups in total. The van der Waals surface area contributed by atoms with E-state index in [1.54, 1.807) is 24.0 Å². The van der Waals surface area contributed by atoms with Gasteiger partial charge in [0.15, 0.2) is 5.82 Å². The van der Waals surface area contributed by atoms with Gasteiger partial charge in [0, 0.05) is 42.8 Å². The van der Waals surface area contributed by atoms with E-state index < -0.39 is 24.7 Å². The van der Waals surface area contributed by atoms with Crippen LogP contribution in [-0.2, 0) is 16.6 Å². The summed E-state index contributed by atoms with van der Waals surface area (Å²) in [5.41, 5.74) is 3.58. The molecule has 1 atom stereocenters. The highest BCUT2D eigenvalue weighted by Gasteiger charge is 2.31. The molecule has 2 aromatic heterocycles. The van der Waals surface area contributed by atoms with E-state index in [1.807, 2.05) is 24.4 Å². The third kappa shape index (κ3) is 4.75. The normalized spacial score (nSPS) is 16.5. The number of aromatic amines is 1. The molecule has 0 aliphatic heterocycles. The van der Waals surface area contributed by atoms with Crippen molar-refractivity contribution in [1.29, 1.82) is 0 Å². The summed E-state index contributed by atoms with van der Waals surface area (Å²) in [6, 6.07) is 3.83. The van der Waals surface area contributed by atoms with E-state index in [4.69, 9.17) is 4.74 Å². The van der Waals surface area contributed by atoms with Crippen LogP contribution in [0.3, 0.4) is 0 Å². The second-order valence-electron chi connectivity index (χ2n) is 7.62. The molecular weight excluding hydrogens is 439 g/mol. The molecule has 0 bridgehead atoms. The summed E-state index contributed by atoms with van der Waals surface area (Å²) in [4.78, 5) is 16.7. The number of hydrogen-bond acceptors (Lipinski definition) is 6. The van der Waals surface area contributed by atoms with Gasteiger partial charge in [-0.05, 0) is 24.6 Å². The molecule has 12 heteroatoms. The van der Waals surface area contributed by atoms with E-state index in [0.29, 0.717) is 17.3 Å². The maximum absolute atomic E-state index is 12.4. The number of H-pyrrole nitrogens is 1. The number of nitrogens with one attached hydrogen (secondary N) is 3.